The van der Waals surface area contributed by atoms with Gasteiger partial charge in [0.05, 0.1) is 0 Å². The fraction of sp³-hybridized carbons (Fsp3) is 1.00. The summed E-state index contributed by atoms with van der Waals surface area (Å²) in [7, 11) is 2.13. The minimum Gasteiger partial charge on any atom is -0.315 e. The number of likely N-dealkylation sites (N-methyl/N-ethyl adjacent to an activating group) is 1. The predicted octanol–water partition coefficient (Wildman–Crippen LogP) is 3.38. The summed E-state index contributed by atoms with van der Waals surface area (Å²) in [6.07, 6.45) is 5.54. The van der Waals surface area contributed by atoms with Crippen LogP contribution in [0, 0.1) is 17.8 Å². The van der Waals surface area contributed by atoms with E-state index in [2.05, 4.69) is 45.0 Å². The second kappa shape index (κ2) is 8.16. The van der Waals surface area contributed by atoms with Crippen LogP contribution in [0.15, 0.2) is 0 Å². The van der Waals surface area contributed by atoms with E-state index in [1.165, 1.54) is 45.3 Å². The first-order chi connectivity index (χ1) is 8.52. The molecule has 1 fully saturated rings. The van der Waals surface area contributed by atoms with Crippen molar-refractivity contribution < 1.29 is 0 Å². The first kappa shape index (κ1) is 16.0. The monoisotopic (exact) mass is 254 g/mol. The van der Waals surface area contributed by atoms with Crippen molar-refractivity contribution in [2.45, 2.75) is 59.4 Å². The van der Waals surface area contributed by atoms with Gasteiger partial charge in [0.2, 0.25) is 0 Å². The lowest BCUT2D eigenvalue weighted by Crippen LogP contribution is -2.42. The Morgan fingerprint density at radius 1 is 1.00 bits per heavy atom. The second-order valence-electron chi connectivity index (χ2n) is 6.90. The zero-order chi connectivity index (χ0) is 13.5. The molecule has 0 spiro atoms. The molecule has 1 rings (SSSR count). The lowest BCUT2D eigenvalue weighted by atomic mass is 10.1. The molecule has 0 aromatic rings. The van der Waals surface area contributed by atoms with Crippen LogP contribution in [0.3, 0.4) is 0 Å². The number of nitrogens with zero attached hydrogens (tertiary/aromatic N) is 1. The van der Waals surface area contributed by atoms with Crippen LogP contribution in [-0.2, 0) is 0 Å². The molecule has 2 heteroatoms. The Morgan fingerprint density at radius 3 is 1.83 bits per heavy atom. The molecule has 0 amide bonds. The molecule has 0 radical (unpaired) electrons. The van der Waals surface area contributed by atoms with E-state index in [0.29, 0.717) is 0 Å². The van der Waals surface area contributed by atoms with Crippen LogP contribution in [0.4, 0.5) is 0 Å². The molecular formula is C16H34N2. The Labute approximate surface area is 115 Å². The fourth-order valence-corrected chi connectivity index (χ4v) is 2.43. The standard InChI is InChI=1S/C16H34N2/c1-13(2)8-10-18(11-9-14(3)4)12-16(17-5)15-6-7-15/h13-17H,6-12H2,1-5H3. The third kappa shape index (κ3) is 6.75. The maximum atomic E-state index is 3.53. The summed E-state index contributed by atoms with van der Waals surface area (Å²) < 4.78 is 0. The molecule has 0 aromatic heterocycles. The van der Waals surface area contributed by atoms with E-state index >= 15 is 0 Å². The summed E-state index contributed by atoms with van der Waals surface area (Å²) in [6.45, 7) is 13.1. The molecule has 0 heterocycles. The van der Waals surface area contributed by atoms with Crippen molar-refractivity contribution in [3.8, 4) is 0 Å². The molecule has 0 bridgehead atoms. The quantitative estimate of drug-likeness (QED) is 0.643. The van der Waals surface area contributed by atoms with Gasteiger partial charge in [0.15, 0.2) is 0 Å². The molecule has 2 nitrogen and oxygen atoms in total. The van der Waals surface area contributed by atoms with Gasteiger partial charge < -0.3 is 10.2 Å². The molecule has 0 saturated heterocycles. The van der Waals surface area contributed by atoms with Gasteiger partial charge in [-0.1, -0.05) is 27.7 Å². The van der Waals surface area contributed by atoms with Gasteiger partial charge in [-0.2, -0.15) is 0 Å². The minimum atomic E-state index is 0.726. The average Bonchev–Trinajstić information content (AvgIpc) is 3.11. The van der Waals surface area contributed by atoms with E-state index in [0.717, 1.165) is 23.8 Å². The molecule has 1 aliphatic rings. The molecule has 18 heavy (non-hydrogen) atoms. The summed E-state index contributed by atoms with van der Waals surface area (Å²) >= 11 is 0. The smallest absolute Gasteiger partial charge is 0.0220 e. The zero-order valence-electron chi connectivity index (χ0n) is 13.2. The maximum absolute atomic E-state index is 3.53. The van der Waals surface area contributed by atoms with Crippen molar-refractivity contribution in [1.82, 2.24) is 10.2 Å². The van der Waals surface area contributed by atoms with E-state index < -0.39 is 0 Å². The number of nitrogens with one attached hydrogen (secondary N) is 1. The maximum Gasteiger partial charge on any atom is 0.0220 e. The van der Waals surface area contributed by atoms with Gasteiger partial charge in [0.1, 0.15) is 0 Å². The Balaban J connectivity index is 2.36. The van der Waals surface area contributed by atoms with Gasteiger partial charge >= 0.3 is 0 Å². The molecule has 1 saturated carbocycles. The zero-order valence-corrected chi connectivity index (χ0v) is 13.2. The van der Waals surface area contributed by atoms with Crippen molar-refractivity contribution in [2.75, 3.05) is 26.7 Å². The Kier molecular flexibility index (Phi) is 7.25. The van der Waals surface area contributed by atoms with Crippen LogP contribution in [0.1, 0.15) is 53.4 Å². The van der Waals surface area contributed by atoms with E-state index in [-0.39, 0.29) is 0 Å². The number of rotatable bonds is 10. The first-order valence-electron chi connectivity index (χ1n) is 7.92. The summed E-state index contributed by atoms with van der Waals surface area (Å²) in [5.74, 6) is 2.59. The highest BCUT2D eigenvalue weighted by molar-refractivity contribution is 4.87. The fourth-order valence-electron chi connectivity index (χ4n) is 2.43. The van der Waals surface area contributed by atoms with E-state index in [4.69, 9.17) is 0 Å². The molecular weight excluding hydrogens is 220 g/mol. The molecule has 1 aliphatic carbocycles. The molecule has 0 aliphatic heterocycles. The molecule has 0 aromatic carbocycles. The van der Waals surface area contributed by atoms with E-state index in [9.17, 15) is 0 Å². The lowest BCUT2D eigenvalue weighted by Gasteiger charge is -2.28. The highest BCUT2D eigenvalue weighted by Gasteiger charge is 2.31. The third-order valence-corrected chi connectivity index (χ3v) is 4.06. The Bertz CT molecular complexity index is 197. The predicted molar refractivity (Wildman–Crippen MR) is 80.9 cm³/mol. The van der Waals surface area contributed by atoms with E-state index in [1.807, 2.05) is 0 Å². The SMILES string of the molecule is CNC(CN(CCC(C)C)CCC(C)C)C1CC1. The van der Waals surface area contributed by atoms with Crippen molar-refractivity contribution in [1.29, 1.82) is 0 Å². The summed E-state index contributed by atoms with van der Waals surface area (Å²) in [6, 6.07) is 0.726. The minimum absolute atomic E-state index is 0.726. The van der Waals surface area contributed by atoms with Crippen LogP contribution in [0.2, 0.25) is 0 Å². The molecule has 108 valence electrons. The Hall–Kier alpha value is -0.0800. The molecule has 1 atom stereocenters. The van der Waals surface area contributed by atoms with Gasteiger partial charge in [0, 0.05) is 12.6 Å². The topological polar surface area (TPSA) is 15.3 Å². The highest BCUT2D eigenvalue weighted by Crippen LogP contribution is 2.32. The molecule has 1 unspecified atom stereocenters. The van der Waals surface area contributed by atoms with Crippen LogP contribution >= 0.6 is 0 Å². The largest absolute Gasteiger partial charge is 0.315 e. The summed E-state index contributed by atoms with van der Waals surface area (Å²) in [4.78, 5) is 2.69. The van der Waals surface area contributed by atoms with Gasteiger partial charge in [0.25, 0.3) is 0 Å². The summed E-state index contributed by atoms with van der Waals surface area (Å²) in [5, 5.41) is 3.53. The van der Waals surface area contributed by atoms with Gasteiger partial charge in [-0.05, 0) is 63.6 Å². The van der Waals surface area contributed by atoms with Crippen molar-refractivity contribution in [3.05, 3.63) is 0 Å². The van der Waals surface area contributed by atoms with Crippen LogP contribution in [0.25, 0.3) is 0 Å². The van der Waals surface area contributed by atoms with Crippen molar-refractivity contribution in [3.63, 3.8) is 0 Å². The second-order valence-corrected chi connectivity index (χ2v) is 6.90. The normalized spacial score (nSPS) is 18.0. The Morgan fingerprint density at radius 2 is 1.50 bits per heavy atom. The first-order valence-corrected chi connectivity index (χ1v) is 7.92. The van der Waals surface area contributed by atoms with Gasteiger partial charge in [-0.3, -0.25) is 0 Å². The van der Waals surface area contributed by atoms with Crippen LogP contribution in [-0.4, -0.2) is 37.6 Å². The molecule has 1 N–H and O–H groups in total. The lowest BCUT2D eigenvalue weighted by molar-refractivity contribution is 0.213. The number of hydrogen-bond acceptors (Lipinski definition) is 2. The van der Waals surface area contributed by atoms with Crippen LogP contribution < -0.4 is 5.32 Å². The highest BCUT2D eigenvalue weighted by atomic mass is 15.1. The van der Waals surface area contributed by atoms with Crippen molar-refractivity contribution in [2.24, 2.45) is 17.8 Å². The van der Waals surface area contributed by atoms with Crippen molar-refractivity contribution >= 4 is 0 Å². The third-order valence-electron chi connectivity index (χ3n) is 4.06. The van der Waals surface area contributed by atoms with Gasteiger partial charge in [-0.25, -0.2) is 0 Å². The van der Waals surface area contributed by atoms with Crippen LogP contribution in [0.5, 0.6) is 0 Å². The summed E-state index contributed by atoms with van der Waals surface area (Å²) in [5.41, 5.74) is 0. The van der Waals surface area contributed by atoms with E-state index in [1.54, 1.807) is 0 Å². The van der Waals surface area contributed by atoms with Gasteiger partial charge in [-0.15, -0.1) is 0 Å². The number of hydrogen-bond donors (Lipinski definition) is 1. The average molecular weight is 254 g/mol.